The lowest BCUT2D eigenvalue weighted by Crippen LogP contribution is -1.98. The maximum Gasteiger partial charge on any atom is 0.123 e. The van der Waals surface area contributed by atoms with E-state index < -0.39 is 0 Å². The van der Waals surface area contributed by atoms with Gasteiger partial charge < -0.3 is 9.47 Å². The Bertz CT molecular complexity index is 719. The van der Waals surface area contributed by atoms with E-state index in [1.54, 1.807) is 30.3 Å². The lowest BCUT2D eigenvalue weighted by Gasteiger charge is -2.10. The molecule has 0 bridgehead atoms. The molecular weight excluding hydrogens is 310 g/mol. The quantitative estimate of drug-likeness (QED) is 0.626. The first-order chi connectivity index (χ1) is 11.7. The summed E-state index contributed by atoms with van der Waals surface area (Å²) in [5, 5.41) is 0. The van der Waals surface area contributed by atoms with Gasteiger partial charge in [-0.25, -0.2) is 8.78 Å². The van der Waals surface area contributed by atoms with Gasteiger partial charge in [0.2, 0.25) is 0 Å². The highest BCUT2D eigenvalue weighted by Gasteiger charge is 2.01. The molecule has 122 valence electrons. The smallest absolute Gasteiger partial charge is 0.123 e. The van der Waals surface area contributed by atoms with E-state index in [4.69, 9.17) is 9.47 Å². The van der Waals surface area contributed by atoms with E-state index in [1.807, 2.05) is 18.2 Å². The van der Waals surface area contributed by atoms with Crippen molar-refractivity contribution in [2.45, 2.75) is 13.2 Å². The Morgan fingerprint density at radius 2 is 1.00 bits per heavy atom. The van der Waals surface area contributed by atoms with Crippen LogP contribution in [0.5, 0.6) is 11.5 Å². The maximum atomic E-state index is 12.9. The fourth-order valence-electron chi connectivity index (χ4n) is 2.15. The summed E-state index contributed by atoms with van der Waals surface area (Å²) in [7, 11) is 0. The van der Waals surface area contributed by atoms with Crippen molar-refractivity contribution >= 4 is 0 Å². The Hall–Kier alpha value is -2.88. The predicted molar refractivity (Wildman–Crippen MR) is 87.9 cm³/mol. The minimum absolute atomic E-state index is 0.269. The highest BCUT2D eigenvalue weighted by Crippen LogP contribution is 2.21. The molecule has 24 heavy (non-hydrogen) atoms. The Morgan fingerprint density at radius 3 is 1.42 bits per heavy atom. The third-order valence-electron chi connectivity index (χ3n) is 3.44. The molecule has 4 heteroatoms. The lowest BCUT2D eigenvalue weighted by atomic mass is 10.2. The molecule has 0 amide bonds. The van der Waals surface area contributed by atoms with Crippen molar-refractivity contribution in [3.8, 4) is 11.5 Å². The number of halogens is 2. The first-order valence-corrected chi connectivity index (χ1v) is 7.53. The number of ether oxygens (including phenoxy) is 2. The molecule has 0 N–H and O–H groups in total. The molecule has 0 atom stereocenters. The van der Waals surface area contributed by atoms with Crippen molar-refractivity contribution in [1.29, 1.82) is 0 Å². The van der Waals surface area contributed by atoms with Crippen molar-refractivity contribution in [3.63, 3.8) is 0 Å². The molecule has 0 saturated heterocycles. The summed E-state index contributed by atoms with van der Waals surface area (Å²) in [6, 6.07) is 19.6. The van der Waals surface area contributed by atoms with Gasteiger partial charge in [-0.3, -0.25) is 0 Å². The Balaban J connectivity index is 1.57. The van der Waals surface area contributed by atoms with E-state index in [1.165, 1.54) is 24.3 Å². The summed E-state index contributed by atoms with van der Waals surface area (Å²) in [6.45, 7) is 0.698. The Morgan fingerprint density at radius 1 is 0.583 bits per heavy atom. The van der Waals surface area contributed by atoms with Gasteiger partial charge in [0, 0.05) is 6.07 Å². The van der Waals surface area contributed by atoms with Crippen LogP contribution < -0.4 is 9.47 Å². The van der Waals surface area contributed by atoms with Gasteiger partial charge in [-0.2, -0.15) is 0 Å². The summed E-state index contributed by atoms with van der Waals surface area (Å²) in [5.74, 6) is 0.789. The second-order valence-corrected chi connectivity index (χ2v) is 5.31. The zero-order chi connectivity index (χ0) is 16.8. The Labute approximate surface area is 139 Å². The third kappa shape index (κ3) is 4.56. The average Bonchev–Trinajstić information content (AvgIpc) is 2.61. The number of hydrogen-bond donors (Lipinski definition) is 0. The number of rotatable bonds is 6. The first-order valence-electron chi connectivity index (χ1n) is 7.53. The summed E-state index contributed by atoms with van der Waals surface area (Å²) in [6.07, 6.45) is 0. The van der Waals surface area contributed by atoms with Crippen LogP contribution in [0.1, 0.15) is 11.1 Å². The number of benzene rings is 3. The average molecular weight is 326 g/mol. The normalized spacial score (nSPS) is 10.4. The van der Waals surface area contributed by atoms with Crippen LogP contribution in [0.25, 0.3) is 0 Å². The highest BCUT2D eigenvalue weighted by atomic mass is 19.1. The highest BCUT2D eigenvalue weighted by molar-refractivity contribution is 5.33. The molecule has 0 aromatic heterocycles. The van der Waals surface area contributed by atoms with Crippen LogP contribution in [0, 0.1) is 11.6 Å². The van der Waals surface area contributed by atoms with Crippen LogP contribution in [-0.2, 0) is 13.2 Å². The van der Waals surface area contributed by atoms with Crippen LogP contribution in [-0.4, -0.2) is 0 Å². The minimum atomic E-state index is -0.269. The van der Waals surface area contributed by atoms with Crippen molar-refractivity contribution in [2.75, 3.05) is 0 Å². The third-order valence-corrected chi connectivity index (χ3v) is 3.44. The van der Waals surface area contributed by atoms with Crippen molar-refractivity contribution < 1.29 is 18.3 Å². The Kier molecular flexibility index (Phi) is 5.06. The molecule has 0 aliphatic carbocycles. The summed E-state index contributed by atoms with van der Waals surface area (Å²) < 4.78 is 37.1. The summed E-state index contributed by atoms with van der Waals surface area (Å²) in [5.41, 5.74) is 1.77. The second kappa shape index (κ2) is 7.59. The molecule has 2 nitrogen and oxygen atoms in total. The molecule has 0 radical (unpaired) electrons. The van der Waals surface area contributed by atoms with E-state index >= 15 is 0 Å². The van der Waals surface area contributed by atoms with Gasteiger partial charge in [0.05, 0.1) is 0 Å². The van der Waals surface area contributed by atoms with Crippen LogP contribution in [0.15, 0.2) is 72.8 Å². The van der Waals surface area contributed by atoms with E-state index in [2.05, 4.69) is 0 Å². The molecule has 3 rings (SSSR count). The van der Waals surface area contributed by atoms with Gasteiger partial charge in [0.25, 0.3) is 0 Å². The van der Waals surface area contributed by atoms with E-state index in [-0.39, 0.29) is 11.6 Å². The standard InChI is InChI=1S/C20H16F2O2/c21-17-8-4-15(5-9-17)13-23-19-2-1-3-20(12-19)24-14-16-6-10-18(22)11-7-16/h1-12H,13-14H2. The lowest BCUT2D eigenvalue weighted by molar-refractivity contribution is 0.290. The van der Waals surface area contributed by atoms with Crippen LogP contribution in [0.2, 0.25) is 0 Å². The molecular formula is C20H16F2O2. The van der Waals surface area contributed by atoms with E-state index in [9.17, 15) is 8.78 Å². The molecule has 0 aliphatic rings. The zero-order valence-electron chi connectivity index (χ0n) is 12.9. The second-order valence-electron chi connectivity index (χ2n) is 5.31. The monoisotopic (exact) mass is 326 g/mol. The van der Waals surface area contributed by atoms with Gasteiger partial charge in [0.1, 0.15) is 36.3 Å². The summed E-state index contributed by atoms with van der Waals surface area (Å²) >= 11 is 0. The van der Waals surface area contributed by atoms with Gasteiger partial charge in [-0.1, -0.05) is 30.3 Å². The van der Waals surface area contributed by atoms with Gasteiger partial charge in [-0.05, 0) is 47.5 Å². The maximum absolute atomic E-state index is 12.9. The molecule has 0 fully saturated rings. The topological polar surface area (TPSA) is 18.5 Å². The molecule has 0 spiro atoms. The van der Waals surface area contributed by atoms with Gasteiger partial charge >= 0.3 is 0 Å². The van der Waals surface area contributed by atoms with E-state index in [0.717, 1.165) is 11.1 Å². The molecule has 0 heterocycles. The molecule has 0 aliphatic heterocycles. The fraction of sp³-hybridized carbons (Fsp3) is 0.100. The fourth-order valence-corrected chi connectivity index (χ4v) is 2.15. The molecule has 3 aromatic carbocycles. The van der Waals surface area contributed by atoms with Crippen LogP contribution >= 0.6 is 0 Å². The number of hydrogen-bond acceptors (Lipinski definition) is 2. The van der Waals surface area contributed by atoms with Crippen molar-refractivity contribution in [3.05, 3.63) is 95.6 Å². The first kappa shape index (κ1) is 16.0. The van der Waals surface area contributed by atoms with Gasteiger partial charge in [0.15, 0.2) is 0 Å². The van der Waals surface area contributed by atoms with E-state index in [0.29, 0.717) is 24.7 Å². The van der Waals surface area contributed by atoms with Crippen LogP contribution in [0.3, 0.4) is 0 Å². The van der Waals surface area contributed by atoms with Crippen molar-refractivity contribution in [1.82, 2.24) is 0 Å². The zero-order valence-corrected chi connectivity index (χ0v) is 12.9. The van der Waals surface area contributed by atoms with Crippen LogP contribution in [0.4, 0.5) is 8.78 Å². The summed E-state index contributed by atoms with van der Waals surface area (Å²) in [4.78, 5) is 0. The molecule has 0 saturated carbocycles. The predicted octanol–water partition coefficient (Wildman–Crippen LogP) is 5.12. The van der Waals surface area contributed by atoms with Crippen molar-refractivity contribution in [2.24, 2.45) is 0 Å². The minimum Gasteiger partial charge on any atom is -0.489 e. The van der Waals surface area contributed by atoms with Gasteiger partial charge in [-0.15, -0.1) is 0 Å². The largest absolute Gasteiger partial charge is 0.489 e. The molecule has 0 unspecified atom stereocenters. The molecule has 3 aromatic rings. The SMILES string of the molecule is Fc1ccc(COc2cccc(OCc3ccc(F)cc3)c2)cc1.